The van der Waals surface area contributed by atoms with Crippen LogP contribution >= 0.6 is 35.3 Å². The fourth-order valence-electron chi connectivity index (χ4n) is 2.04. The minimum Gasteiger partial charge on any atom is -0.320 e. The van der Waals surface area contributed by atoms with E-state index in [-0.39, 0.29) is 4.47 Å². The van der Waals surface area contributed by atoms with Gasteiger partial charge < -0.3 is 9.79 Å². The van der Waals surface area contributed by atoms with Crippen molar-refractivity contribution in [2.45, 2.75) is 18.3 Å². The van der Waals surface area contributed by atoms with Gasteiger partial charge in [-0.1, -0.05) is 57.6 Å². The first-order valence-corrected chi connectivity index (χ1v) is 11.0. The van der Waals surface area contributed by atoms with Crippen LogP contribution in [0.1, 0.15) is 22.3 Å². The molecular weight excluding hydrogens is 445 g/mol. The fraction of sp³-hybridized carbons (Fsp3) is 0.222. The number of benzene rings is 2. The molecule has 26 heavy (non-hydrogen) atoms. The molecule has 0 saturated heterocycles. The highest BCUT2D eigenvalue weighted by molar-refractivity contribution is 9.10. The quantitative estimate of drug-likeness (QED) is 0.362. The van der Waals surface area contributed by atoms with Crippen molar-refractivity contribution in [2.24, 2.45) is 0 Å². The third-order valence-electron chi connectivity index (χ3n) is 3.45. The molecule has 0 saturated carbocycles. The Morgan fingerprint density at radius 1 is 1.19 bits per heavy atom. The summed E-state index contributed by atoms with van der Waals surface area (Å²) in [6, 6.07) is 11.8. The summed E-state index contributed by atoms with van der Waals surface area (Å²) in [6.07, 6.45) is 0. The van der Waals surface area contributed by atoms with Gasteiger partial charge in [0.25, 0.3) is 0 Å². The molecular formula is C18H16BrF2O3PS. The molecule has 0 atom stereocenters. The molecule has 2 aromatic carbocycles. The highest BCUT2D eigenvalue weighted by atomic mass is 79.9. The van der Waals surface area contributed by atoms with Gasteiger partial charge in [0.2, 0.25) is 0 Å². The molecule has 2 aromatic rings. The topological polar surface area (TPSA) is 57.5 Å². The van der Waals surface area contributed by atoms with Crippen LogP contribution in [-0.2, 0) is 16.0 Å². The number of hydrogen-bond donors (Lipinski definition) is 2. The molecule has 0 spiro atoms. The van der Waals surface area contributed by atoms with Crippen LogP contribution < -0.4 is 0 Å². The van der Waals surface area contributed by atoms with E-state index in [0.717, 1.165) is 17.2 Å². The zero-order valence-electron chi connectivity index (χ0n) is 13.7. The number of rotatable bonds is 5. The maximum Gasteiger partial charge on any atom is 0.399 e. The Morgan fingerprint density at radius 3 is 2.42 bits per heavy atom. The van der Waals surface area contributed by atoms with Crippen molar-refractivity contribution in [3.05, 3.63) is 69.2 Å². The third-order valence-corrected chi connectivity index (χ3v) is 5.97. The minimum atomic E-state index is -5.58. The van der Waals surface area contributed by atoms with Crippen molar-refractivity contribution in [1.29, 1.82) is 0 Å². The maximum atomic E-state index is 13.8. The number of aryl methyl sites for hydroxylation is 1. The van der Waals surface area contributed by atoms with Crippen LogP contribution in [0, 0.1) is 18.8 Å². The number of hydrogen-bond acceptors (Lipinski definition) is 2. The van der Waals surface area contributed by atoms with Gasteiger partial charge in [0.05, 0.1) is 5.75 Å². The summed E-state index contributed by atoms with van der Waals surface area (Å²) in [4.78, 5) is 17.6. The lowest BCUT2D eigenvalue weighted by Crippen LogP contribution is -2.14. The molecule has 0 aromatic heterocycles. The van der Waals surface area contributed by atoms with Crippen molar-refractivity contribution in [3.63, 3.8) is 0 Å². The van der Waals surface area contributed by atoms with E-state index in [1.54, 1.807) is 0 Å². The smallest absolute Gasteiger partial charge is 0.320 e. The van der Waals surface area contributed by atoms with E-state index in [0.29, 0.717) is 11.5 Å². The van der Waals surface area contributed by atoms with Crippen LogP contribution in [-0.4, -0.2) is 15.5 Å². The molecule has 2 rings (SSSR count). The van der Waals surface area contributed by atoms with Crippen molar-refractivity contribution in [2.75, 3.05) is 5.75 Å². The summed E-state index contributed by atoms with van der Waals surface area (Å²) in [5.41, 5.74) is -2.09. The Kier molecular flexibility index (Phi) is 7.06. The van der Waals surface area contributed by atoms with E-state index < -0.39 is 18.8 Å². The van der Waals surface area contributed by atoms with E-state index in [9.17, 15) is 13.3 Å². The molecule has 0 radical (unpaired) electrons. The van der Waals surface area contributed by atoms with E-state index in [1.807, 2.05) is 31.2 Å². The summed E-state index contributed by atoms with van der Waals surface area (Å²) in [7, 11) is -5.58. The Bertz CT molecular complexity index is 886. The summed E-state index contributed by atoms with van der Waals surface area (Å²) >= 11 is 4.49. The van der Waals surface area contributed by atoms with Crippen LogP contribution in [0.2, 0.25) is 0 Å². The SMILES string of the molecule is Cc1ccc(C#CCSCc2ccc(C(F)(F)P(=O)(O)O)c(Br)c2)cc1. The molecule has 0 aliphatic rings. The molecule has 8 heteroatoms. The molecule has 0 amide bonds. The molecule has 138 valence electrons. The van der Waals surface area contributed by atoms with E-state index in [4.69, 9.17) is 9.79 Å². The molecule has 0 fully saturated rings. The van der Waals surface area contributed by atoms with Crippen molar-refractivity contribution < 1.29 is 23.1 Å². The number of thioether (sulfide) groups is 1. The molecule has 0 heterocycles. The van der Waals surface area contributed by atoms with Crippen LogP contribution in [0.3, 0.4) is 0 Å². The summed E-state index contributed by atoms with van der Waals surface area (Å²) < 4.78 is 38.5. The first-order valence-electron chi connectivity index (χ1n) is 7.47. The Balaban J connectivity index is 1.96. The van der Waals surface area contributed by atoms with Crippen LogP contribution in [0.5, 0.6) is 0 Å². The van der Waals surface area contributed by atoms with Crippen molar-refractivity contribution in [3.8, 4) is 11.8 Å². The first-order chi connectivity index (χ1) is 12.1. The highest BCUT2D eigenvalue weighted by Gasteiger charge is 2.51. The van der Waals surface area contributed by atoms with Gasteiger partial charge in [0.15, 0.2) is 0 Å². The number of halogens is 3. The zero-order valence-corrected chi connectivity index (χ0v) is 17.0. The van der Waals surface area contributed by atoms with Gasteiger partial charge in [0, 0.05) is 21.4 Å². The van der Waals surface area contributed by atoms with Crippen LogP contribution in [0.15, 0.2) is 46.9 Å². The first kappa shape index (κ1) is 21.1. The Morgan fingerprint density at radius 2 is 1.85 bits per heavy atom. The largest absolute Gasteiger partial charge is 0.399 e. The monoisotopic (exact) mass is 460 g/mol. The van der Waals surface area contributed by atoms with Crippen LogP contribution in [0.25, 0.3) is 0 Å². The Labute approximate surface area is 163 Å². The van der Waals surface area contributed by atoms with Gasteiger partial charge in [-0.2, -0.15) is 8.78 Å². The van der Waals surface area contributed by atoms with Gasteiger partial charge >= 0.3 is 13.3 Å². The number of alkyl halides is 2. The lowest BCUT2D eigenvalue weighted by molar-refractivity contribution is 0.0557. The van der Waals surface area contributed by atoms with Gasteiger partial charge in [-0.15, -0.1) is 11.8 Å². The summed E-state index contributed by atoms with van der Waals surface area (Å²) in [5, 5.41) is 0. The van der Waals surface area contributed by atoms with Crippen molar-refractivity contribution >= 4 is 35.3 Å². The molecule has 3 nitrogen and oxygen atoms in total. The predicted molar refractivity (Wildman–Crippen MR) is 104 cm³/mol. The molecule has 0 bridgehead atoms. The summed E-state index contributed by atoms with van der Waals surface area (Å²) in [5.74, 6) is 7.21. The zero-order chi connectivity index (χ0) is 19.4. The van der Waals surface area contributed by atoms with Gasteiger partial charge in [0.1, 0.15) is 0 Å². The minimum absolute atomic E-state index is 0.0327. The normalized spacial score (nSPS) is 11.8. The van der Waals surface area contributed by atoms with Gasteiger partial charge in [-0.25, -0.2) is 0 Å². The maximum absolute atomic E-state index is 13.8. The fourth-order valence-corrected chi connectivity index (χ4v) is 4.07. The molecule has 0 aliphatic carbocycles. The van der Waals surface area contributed by atoms with Gasteiger partial charge in [-0.3, -0.25) is 4.57 Å². The standard InChI is InChI=1S/C18H16BrF2O3PS/c1-13-4-6-14(7-5-13)3-2-10-26-12-15-8-9-16(17(19)11-15)18(20,21)25(22,23)24/h4-9,11H,10,12H2,1H3,(H2,22,23,24). The van der Waals surface area contributed by atoms with E-state index in [1.165, 1.54) is 29.5 Å². The van der Waals surface area contributed by atoms with Crippen molar-refractivity contribution in [1.82, 2.24) is 0 Å². The third kappa shape index (κ3) is 5.42. The van der Waals surface area contributed by atoms with E-state index in [2.05, 4.69) is 27.8 Å². The highest BCUT2D eigenvalue weighted by Crippen LogP contribution is 2.60. The predicted octanol–water partition coefficient (Wildman–Crippen LogP) is 5.27. The average Bonchev–Trinajstić information content (AvgIpc) is 2.55. The molecule has 0 unspecified atom stereocenters. The molecule has 0 aliphatic heterocycles. The lowest BCUT2D eigenvalue weighted by Gasteiger charge is -2.19. The summed E-state index contributed by atoms with van der Waals surface area (Å²) in [6.45, 7) is 2.01. The average molecular weight is 461 g/mol. The second kappa shape index (κ2) is 8.69. The second-order valence-corrected chi connectivity index (χ2v) is 9.05. The van der Waals surface area contributed by atoms with E-state index >= 15 is 0 Å². The Hall–Kier alpha value is -1.16. The second-order valence-electron chi connectivity index (χ2n) is 5.56. The van der Waals surface area contributed by atoms with Crippen LogP contribution in [0.4, 0.5) is 8.78 Å². The van der Waals surface area contributed by atoms with Gasteiger partial charge in [-0.05, 0) is 30.7 Å². The molecule has 2 N–H and O–H groups in total. The lowest BCUT2D eigenvalue weighted by atomic mass is 10.1.